The van der Waals surface area contributed by atoms with Gasteiger partial charge < -0.3 is 9.15 Å². The molecule has 3 heterocycles. The molecule has 1 atom stereocenters. The van der Waals surface area contributed by atoms with Crippen LogP contribution < -0.4 is 14.9 Å². The van der Waals surface area contributed by atoms with Crippen LogP contribution in [-0.2, 0) is 9.53 Å². The number of halogens is 1. The van der Waals surface area contributed by atoms with Crippen molar-refractivity contribution in [3.05, 3.63) is 90.8 Å². The molecule has 0 spiro atoms. The Morgan fingerprint density at radius 3 is 2.76 bits per heavy atom. The second kappa shape index (κ2) is 7.63. The van der Waals surface area contributed by atoms with E-state index in [0.29, 0.717) is 26.4 Å². The van der Waals surface area contributed by atoms with E-state index in [1.807, 2.05) is 0 Å². The molecule has 0 N–H and O–H groups in total. The van der Waals surface area contributed by atoms with Crippen molar-refractivity contribution in [2.24, 2.45) is 4.99 Å². The molecule has 0 amide bonds. The van der Waals surface area contributed by atoms with Gasteiger partial charge in [0.05, 0.1) is 34.7 Å². The van der Waals surface area contributed by atoms with Crippen LogP contribution >= 0.6 is 11.3 Å². The van der Waals surface area contributed by atoms with E-state index >= 15 is 0 Å². The number of thiazole rings is 1. The maximum atomic E-state index is 13.5. The Labute approximate surface area is 168 Å². The lowest BCUT2D eigenvalue weighted by atomic mass is 9.96. The summed E-state index contributed by atoms with van der Waals surface area (Å²) in [6, 6.07) is 8.42. The van der Waals surface area contributed by atoms with Crippen molar-refractivity contribution in [1.29, 1.82) is 0 Å². The Morgan fingerprint density at radius 2 is 2.10 bits per heavy atom. The molecule has 3 aromatic rings. The molecule has 6 nitrogen and oxygen atoms in total. The van der Waals surface area contributed by atoms with E-state index in [9.17, 15) is 14.0 Å². The monoisotopic (exact) mass is 412 g/mol. The normalized spacial score (nSPS) is 16.5. The van der Waals surface area contributed by atoms with Crippen LogP contribution in [0.25, 0.3) is 6.08 Å². The van der Waals surface area contributed by atoms with Gasteiger partial charge in [0.1, 0.15) is 11.6 Å². The van der Waals surface area contributed by atoms with Crippen molar-refractivity contribution in [3.63, 3.8) is 0 Å². The van der Waals surface area contributed by atoms with Crippen LogP contribution in [0.5, 0.6) is 0 Å². The van der Waals surface area contributed by atoms with Crippen LogP contribution in [0.4, 0.5) is 4.39 Å². The molecule has 0 radical (unpaired) electrons. The molecule has 0 fully saturated rings. The maximum absolute atomic E-state index is 13.5. The molecule has 29 heavy (non-hydrogen) atoms. The second-order valence-corrected chi connectivity index (χ2v) is 7.38. The van der Waals surface area contributed by atoms with Crippen LogP contribution in [0, 0.1) is 5.82 Å². The first-order valence-corrected chi connectivity index (χ1v) is 9.80. The van der Waals surface area contributed by atoms with Crippen LogP contribution in [-0.4, -0.2) is 17.1 Å². The number of carbonyl (C=O) groups is 1. The first-order chi connectivity index (χ1) is 14.0. The Kier molecular flexibility index (Phi) is 5.02. The van der Waals surface area contributed by atoms with Crippen molar-refractivity contribution in [3.8, 4) is 0 Å². The minimum absolute atomic E-state index is 0.189. The van der Waals surface area contributed by atoms with Crippen LogP contribution in [0.3, 0.4) is 0 Å². The summed E-state index contributed by atoms with van der Waals surface area (Å²) in [6.07, 6.45) is 3.15. The average Bonchev–Trinajstić information content (AvgIpc) is 3.30. The minimum Gasteiger partial charge on any atom is -0.465 e. The van der Waals surface area contributed by atoms with Gasteiger partial charge in [0.15, 0.2) is 4.80 Å². The molecule has 0 saturated heterocycles. The number of esters is 1. The summed E-state index contributed by atoms with van der Waals surface area (Å²) in [5.41, 5.74) is 1.00. The first kappa shape index (κ1) is 19.1. The number of ether oxygens (including phenoxy) is 1. The largest absolute Gasteiger partial charge is 0.465 e. The third kappa shape index (κ3) is 3.47. The second-order valence-electron chi connectivity index (χ2n) is 6.37. The lowest BCUT2D eigenvalue weighted by Crippen LogP contribution is -2.39. The standard InChI is InChI=1S/C21H17FN2O4S/c1-3-27-20(26)17-12(2)23-21-24(18(17)13-6-8-14(22)9-7-13)19(25)16(29-21)11-15-5-4-10-28-15/h4-11,18H,3H2,1-2H3/b16-11-/t18-/m1/s1. The summed E-state index contributed by atoms with van der Waals surface area (Å²) >= 11 is 1.20. The predicted octanol–water partition coefficient (Wildman–Crippen LogP) is 2.53. The number of aromatic nitrogens is 1. The Hall–Kier alpha value is -3.26. The number of hydrogen-bond donors (Lipinski definition) is 0. The zero-order valence-corrected chi connectivity index (χ0v) is 16.5. The summed E-state index contributed by atoms with van der Waals surface area (Å²) in [5, 5.41) is 0. The van der Waals surface area contributed by atoms with Crippen molar-refractivity contribution in [2.45, 2.75) is 19.9 Å². The van der Waals surface area contributed by atoms with E-state index in [2.05, 4.69) is 4.99 Å². The van der Waals surface area contributed by atoms with Crippen molar-refractivity contribution >= 4 is 23.4 Å². The number of carbonyl (C=O) groups excluding carboxylic acids is 1. The fourth-order valence-corrected chi connectivity index (χ4v) is 4.28. The Morgan fingerprint density at radius 1 is 1.34 bits per heavy atom. The molecule has 0 saturated carbocycles. The molecule has 0 unspecified atom stereocenters. The van der Waals surface area contributed by atoms with Crippen molar-refractivity contribution < 1.29 is 18.3 Å². The van der Waals surface area contributed by atoms with Crippen molar-refractivity contribution in [1.82, 2.24) is 4.57 Å². The smallest absolute Gasteiger partial charge is 0.338 e. The fourth-order valence-electron chi connectivity index (χ4n) is 3.25. The highest BCUT2D eigenvalue weighted by Gasteiger charge is 2.33. The van der Waals surface area contributed by atoms with Crippen molar-refractivity contribution in [2.75, 3.05) is 6.61 Å². The van der Waals surface area contributed by atoms with Gasteiger partial charge in [0.2, 0.25) is 0 Å². The highest BCUT2D eigenvalue weighted by atomic mass is 32.1. The van der Waals surface area contributed by atoms with E-state index in [1.165, 1.54) is 34.3 Å². The summed E-state index contributed by atoms with van der Waals surface area (Å²) in [7, 11) is 0. The summed E-state index contributed by atoms with van der Waals surface area (Å²) in [5.74, 6) is -0.421. The van der Waals surface area contributed by atoms with E-state index in [4.69, 9.17) is 9.15 Å². The third-order valence-corrected chi connectivity index (χ3v) is 5.50. The predicted molar refractivity (Wildman–Crippen MR) is 106 cm³/mol. The fraction of sp³-hybridized carbons (Fsp3) is 0.190. The van der Waals surface area contributed by atoms with Gasteiger partial charge >= 0.3 is 5.97 Å². The topological polar surface area (TPSA) is 73.8 Å². The van der Waals surface area contributed by atoms with E-state index in [0.717, 1.165) is 0 Å². The zero-order valence-electron chi connectivity index (χ0n) is 15.7. The summed E-state index contributed by atoms with van der Waals surface area (Å²) in [4.78, 5) is 30.8. The first-order valence-electron chi connectivity index (χ1n) is 8.98. The molecule has 1 aromatic carbocycles. The molecule has 8 heteroatoms. The molecule has 2 aromatic heterocycles. The molecule has 1 aliphatic heterocycles. The number of allylic oxidation sites excluding steroid dienone is 1. The van der Waals surface area contributed by atoms with Gasteiger partial charge in [-0.25, -0.2) is 14.2 Å². The molecule has 0 aliphatic carbocycles. The van der Waals surface area contributed by atoms with Gasteiger partial charge in [0.25, 0.3) is 5.56 Å². The maximum Gasteiger partial charge on any atom is 0.338 e. The van der Waals surface area contributed by atoms with E-state index in [-0.39, 0.29) is 17.7 Å². The zero-order chi connectivity index (χ0) is 20.5. The lowest BCUT2D eigenvalue weighted by Gasteiger charge is -2.24. The van der Waals surface area contributed by atoms with Gasteiger partial charge in [-0.3, -0.25) is 9.36 Å². The lowest BCUT2D eigenvalue weighted by molar-refractivity contribution is -0.139. The highest BCUT2D eigenvalue weighted by molar-refractivity contribution is 7.07. The number of rotatable bonds is 4. The molecular formula is C21H17FN2O4S. The van der Waals surface area contributed by atoms with Gasteiger partial charge in [-0.15, -0.1) is 0 Å². The number of hydrogen-bond acceptors (Lipinski definition) is 6. The quantitative estimate of drug-likeness (QED) is 0.618. The SMILES string of the molecule is CCOC(=O)C1=C(C)N=c2s/c(=C\c3ccco3)c(=O)n2[C@@H]1c1ccc(F)cc1. The molecule has 1 aliphatic rings. The third-order valence-electron chi connectivity index (χ3n) is 4.52. The molecule has 148 valence electrons. The summed E-state index contributed by atoms with van der Waals surface area (Å²) < 4.78 is 25.9. The van der Waals surface area contributed by atoms with Gasteiger partial charge in [-0.1, -0.05) is 23.5 Å². The number of nitrogens with zero attached hydrogens (tertiary/aromatic N) is 2. The summed E-state index contributed by atoms with van der Waals surface area (Å²) in [6.45, 7) is 3.60. The molecular weight excluding hydrogens is 395 g/mol. The number of fused-ring (bicyclic) bond motifs is 1. The minimum atomic E-state index is -0.760. The highest BCUT2D eigenvalue weighted by Crippen LogP contribution is 2.30. The van der Waals surface area contributed by atoms with Crippen LogP contribution in [0.1, 0.15) is 31.2 Å². The van der Waals surface area contributed by atoms with Gasteiger partial charge in [-0.2, -0.15) is 0 Å². The van der Waals surface area contributed by atoms with Gasteiger partial charge in [-0.05, 0) is 43.7 Å². The number of benzene rings is 1. The van der Waals surface area contributed by atoms with Gasteiger partial charge in [0, 0.05) is 6.08 Å². The van der Waals surface area contributed by atoms with E-state index < -0.39 is 17.8 Å². The van der Waals surface area contributed by atoms with E-state index in [1.54, 1.807) is 44.2 Å². The van der Waals surface area contributed by atoms with Crippen LogP contribution in [0.15, 0.2) is 68.1 Å². The molecule has 4 rings (SSSR count). The number of furan rings is 1. The van der Waals surface area contributed by atoms with Crippen LogP contribution in [0.2, 0.25) is 0 Å². The Balaban J connectivity index is 1.97. The Bertz CT molecular complexity index is 1270. The average molecular weight is 412 g/mol. The molecule has 0 bridgehead atoms.